The van der Waals surface area contributed by atoms with Crippen LogP contribution in [-0.4, -0.2) is 43.3 Å². The molecular weight excluding hydrogens is 322 g/mol. The number of hydrogen-bond donors (Lipinski definition) is 0. The fourth-order valence-corrected chi connectivity index (χ4v) is 3.56. The van der Waals surface area contributed by atoms with Crippen LogP contribution < -0.4 is 0 Å². The Bertz CT molecular complexity index is 551. The first kappa shape index (κ1) is 13.6. The molecule has 1 aromatic heterocycles. The minimum Gasteiger partial charge on any atom is -0.457 e. The van der Waals surface area contributed by atoms with Gasteiger partial charge in [-0.25, -0.2) is 8.42 Å². The number of amides is 1. The molecule has 0 N–H and O–H groups in total. The van der Waals surface area contributed by atoms with Gasteiger partial charge in [-0.3, -0.25) is 4.79 Å². The lowest BCUT2D eigenvalue weighted by Gasteiger charge is -2.18. The van der Waals surface area contributed by atoms with Gasteiger partial charge in [0.15, 0.2) is 14.5 Å². The first-order valence-corrected chi connectivity index (χ1v) is 8.16. The van der Waals surface area contributed by atoms with Gasteiger partial charge in [-0.1, -0.05) is 0 Å². The van der Waals surface area contributed by atoms with E-state index in [4.69, 9.17) is 4.42 Å². The summed E-state index contributed by atoms with van der Waals surface area (Å²) < 4.78 is 29.0. The summed E-state index contributed by atoms with van der Waals surface area (Å²) in [5.74, 6) is -0.160. The molecule has 1 atom stereocenters. The quantitative estimate of drug-likeness (QED) is 0.783. The summed E-state index contributed by atoms with van der Waals surface area (Å²) in [5, 5.41) is -0.383. The molecule has 18 heavy (non-hydrogen) atoms. The minimum atomic E-state index is -3.07. The van der Waals surface area contributed by atoms with E-state index in [-0.39, 0.29) is 23.5 Å². The van der Waals surface area contributed by atoms with Gasteiger partial charge in [-0.2, -0.15) is 0 Å². The fourth-order valence-electron chi connectivity index (χ4n) is 1.88. The zero-order valence-electron chi connectivity index (χ0n) is 9.93. The van der Waals surface area contributed by atoms with Crippen molar-refractivity contribution in [1.82, 2.24) is 4.90 Å². The summed E-state index contributed by atoms with van der Waals surface area (Å²) in [7, 11) is -3.07. The zero-order chi connectivity index (χ0) is 13.3. The Morgan fingerprint density at radius 2 is 2.22 bits per heavy atom. The molecule has 1 amide bonds. The van der Waals surface area contributed by atoms with Crippen molar-refractivity contribution in [2.75, 3.05) is 18.8 Å². The van der Waals surface area contributed by atoms with E-state index >= 15 is 0 Å². The summed E-state index contributed by atoms with van der Waals surface area (Å²) in [4.78, 5) is 13.7. The second-order valence-electron chi connectivity index (χ2n) is 4.40. The third-order valence-electron chi connectivity index (χ3n) is 3.17. The number of nitrogens with zero attached hydrogens (tertiary/aromatic N) is 1. The molecule has 2 heterocycles. The lowest BCUT2D eigenvalue weighted by atomic mass is 10.2. The third-order valence-corrected chi connectivity index (χ3v) is 5.80. The number of rotatable bonds is 1. The number of sulfone groups is 1. The maximum absolute atomic E-state index is 12.1. The van der Waals surface area contributed by atoms with Crippen molar-refractivity contribution in [2.45, 2.75) is 18.6 Å². The van der Waals surface area contributed by atoms with Crippen molar-refractivity contribution < 1.29 is 17.6 Å². The van der Waals surface area contributed by atoms with Gasteiger partial charge < -0.3 is 9.32 Å². The Hall–Kier alpha value is -0.820. The van der Waals surface area contributed by atoms with Gasteiger partial charge in [0, 0.05) is 19.2 Å². The van der Waals surface area contributed by atoms with Crippen molar-refractivity contribution in [3.8, 4) is 0 Å². The van der Waals surface area contributed by atoms with Gasteiger partial charge in [0.05, 0.1) is 16.6 Å². The molecule has 1 aliphatic heterocycles. The summed E-state index contributed by atoms with van der Waals surface area (Å²) in [6.07, 6.45) is 1.85. The first-order chi connectivity index (χ1) is 8.40. The zero-order valence-corrected chi connectivity index (χ0v) is 12.3. The smallest absolute Gasteiger partial charge is 0.257 e. The summed E-state index contributed by atoms with van der Waals surface area (Å²) in [6, 6.07) is 1.59. The molecule has 1 saturated heterocycles. The van der Waals surface area contributed by atoms with Crippen LogP contribution in [0.1, 0.15) is 23.7 Å². The van der Waals surface area contributed by atoms with Crippen molar-refractivity contribution in [3.05, 3.63) is 22.6 Å². The molecule has 5 nitrogen and oxygen atoms in total. The molecular formula is C11H14BrNO4S. The van der Waals surface area contributed by atoms with Gasteiger partial charge >= 0.3 is 0 Å². The number of hydrogen-bond acceptors (Lipinski definition) is 4. The predicted octanol–water partition coefficient (Wildman–Crippen LogP) is 1.69. The molecule has 0 aliphatic carbocycles. The highest BCUT2D eigenvalue weighted by molar-refractivity contribution is 9.10. The van der Waals surface area contributed by atoms with E-state index < -0.39 is 9.84 Å². The van der Waals surface area contributed by atoms with Crippen LogP contribution in [0.2, 0.25) is 0 Å². The van der Waals surface area contributed by atoms with Crippen LogP contribution in [0.15, 0.2) is 21.4 Å². The maximum atomic E-state index is 12.1. The third kappa shape index (κ3) is 2.77. The van der Waals surface area contributed by atoms with E-state index in [0.717, 1.165) is 0 Å². The molecule has 7 heteroatoms. The van der Waals surface area contributed by atoms with Crippen LogP contribution in [0.4, 0.5) is 0 Å². The highest BCUT2D eigenvalue weighted by atomic mass is 79.9. The molecule has 0 bridgehead atoms. The topological polar surface area (TPSA) is 67.6 Å². The van der Waals surface area contributed by atoms with Crippen molar-refractivity contribution in [3.63, 3.8) is 0 Å². The van der Waals surface area contributed by atoms with Crippen LogP contribution in [0.5, 0.6) is 0 Å². The molecule has 0 radical (unpaired) electrons. The average molecular weight is 336 g/mol. The van der Waals surface area contributed by atoms with Crippen LogP contribution in [-0.2, 0) is 9.84 Å². The van der Waals surface area contributed by atoms with E-state index in [1.54, 1.807) is 17.9 Å². The Balaban J connectivity index is 2.13. The second kappa shape index (κ2) is 5.05. The second-order valence-corrected chi connectivity index (χ2v) is 7.72. The number of carbonyl (C=O) groups excluding carboxylic acids is 1. The Labute approximate surface area is 114 Å². The van der Waals surface area contributed by atoms with Crippen LogP contribution >= 0.6 is 15.9 Å². The largest absolute Gasteiger partial charge is 0.457 e. The van der Waals surface area contributed by atoms with E-state index in [9.17, 15) is 13.2 Å². The molecule has 1 aliphatic rings. The normalized spacial score (nSPS) is 23.7. The molecule has 1 aromatic rings. The number of halogens is 1. The monoisotopic (exact) mass is 335 g/mol. The highest BCUT2D eigenvalue weighted by Crippen LogP contribution is 2.18. The molecule has 100 valence electrons. The SMILES string of the molecule is C[C@@H]1CCN(C(=O)c2coc(Br)c2)CCS1(=O)=O. The lowest BCUT2D eigenvalue weighted by Crippen LogP contribution is -2.33. The lowest BCUT2D eigenvalue weighted by molar-refractivity contribution is 0.0766. The van der Waals surface area contributed by atoms with Gasteiger partial charge in [0.2, 0.25) is 0 Å². The van der Waals surface area contributed by atoms with Crippen molar-refractivity contribution >= 4 is 31.7 Å². The van der Waals surface area contributed by atoms with Crippen LogP contribution in [0.3, 0.4) is 0 Å². The Morgan fingerprint density at radius 1 is 1.50 bits per heavy atom. The molecule has 1 fully saturated rings. The standard InChI is InChI=1S/C11H14BrNO4S/c1-8-2-3-13(4-5-18(8,15)16)11(14)9-6-10(12)17-7-9/h6-8H,2-5H2,1H3/t8-/m1/s1. The maximum Gasteiger partial charge on any atom is 0.257 e. The van der Waals surface area contributed by atoms with Crippen molar-refractivity contribution in [2.24, 2.45) is 0 Å². The van der Waals surface area contributed by atoms with Gasteiger partial charge in [0.1, 0.15) is 6.26 Å². The fraction of sp³-hybridized carbons (Fsp3) is 0.545. The van der Waals surface area contributed by atoms with E-state index in [1.165, 1.54) is 6.26 Å². The summed E-state index contributed by atoms with van der Waals surface area (Å²) in [6.45, 7) is 2.40. The molecule has 0 unspecified atom stereocenters. The summed E-state index contributed by atoms with van der Waals surface area (Å²) in [5.41, 5.74) is 0.439. The molecule has 0 spiro atoms. The van der Waals surface area contributed by atoms with E-state index in [2.05, 4.69) is 15.9 Å². The van der Waals surface area contributed by atoms with Crippen LogP contribution in [0, 0.1) is 0 Å². The molecule has 0 aromatic carbocycles. The minimum absolute atomic E-state index is 0.0267. The highest BCUT2D eigenvalue weighted by Gasteiger charge is 2.29. The Kier molecular flexibility index (Phi) is 3.82. The van der Waals surface area contributed by atoms with Crippen LogP contribution in [0.25, 0.3) is 0 Å². The number of carbonyl (C=O) groups is 1. The van der Waals surface area contributed by atoms with Gasteiger partial charge in [-0.05, 0) is 29.3 Å². The average Bonchev–Trinajstić information content (AvgIpc) is 2.69. The first-order valence-electron chi connectivity index (χ1n) is 5.65. The van der Waals surface area contributed by atoms with Gasteiger partial charge in [0.25, 0.3) is 5.91 Å². The van der Waals surface area contributed by atoms with E-state index in [1.807, 2.05) is 0 Å². The number of furan rings is 1. The molecule has 2 rings (SSSR count). The van der Waals surface area contributed by atoms with Gasteiger partial charge in [-0.15, -0.1) is 0 Å². The predicted molar refractivity (Wildman–Crippen MR) is 70.2 cm³/mol. The molecule has 0 saturated carbocycles. The Morgan fingerprint density at radius 3 is 2.83 bits per heavy atom. The summed E-state index contributed by atoms with van der Waals surface area (Å²) >= 11 is 3.13. The van der Waals surface area contributed by atoms with E-state index in [0.29, 0.717) is 23.2 Å². The van der Waals surface area contributed by atoms with Crippen molar-refractivity contribution in [1.29, 1.82) is 0 Å².